The van der Waals surface area contributed by atoms with Crippen LogP contribution in [0.2, 0.25) is 0 Å². The fraction of sp³-hybridized carbons (Fsp3) is 0.552. The number of fused-ring (bicyclic) bond motifs is 2. The van der Waals surface area contributed by atoms with Gasteiger partial charge in [-0.05, 0) is 86.0 Å². The molecular formula is C29H38N4O3. The Morgan fingerprint density at radius 1 is 1.08 bits per heavy atom. The van der Waals surface area contributed by atoms with Crippen molar-refractivity contribution < 1.29 is 14.7 Å². The number of carboxylic acid groups (broad SMARTS) is 1. The lowest BCUT2D eigenvalue weighted by molar-refractivity contribution is -0.138. The van der Waals surface area contributed by atoms with E-state index in [0.29, 0.717) is 24.7 Å². The van der Waals surface area contributed by atoms with Gasteiger partial charge >= 0.3 is 5.97 Å². The lowest BCUT2D eigenvalue weighted by Gasteiger charge is -2.37. The number of nitrogens with one attached hydrogen (secondary N) is 2. The molecule has 0 radical (unpaired) electrons. The van der Waals surface area contributed by atoms with Gasteiger partial charge in [-0.15, -0.1) is 0 Å². The topological polar surface area (TPSA) is 94.6 Å². The average molecular weight is 491 g/mol. The Labute approximate surface area is 213 Å². The maximum Gasteiger partial charge on any atom is 0.303 e. The van der Waals surface area contributed by atoms with Crippen LogP contribution in [0.4, 0.5) is 11.5 Å². The summed E-state index contributed by atoms with van der Waals surface area (Å²) < 4.78 is 0. The second kappa shape index (κ2) is 11.3. The number of aromatic nitrogens is 1. The van der Waals surface area contributed by atoms with E-state index < -0.39 is 5.97 Å². The van der Waals surface area contributed by atoms with Crippen LogP contribution < -0.4 is 10.6 Å². The molecule has 36 heavy (non-hydrogen) atoms. The number of piperidine rings is 1. The summed E-state index contributed by atoms with van der Waals surface area (Å²) in [4.78, 5) is 31.3. The van der Waals surface area contributed by atoms with E-state index in [1.807, 2.05) is 11.0 Å². The van der Waals surface area contributed by atoms with Gasteiger partial charge in [0.15, 0.2) is 0 Å². The van der Waals surface area contributed by atoms with Crippen molar-refractivity contribution in [2.24, 2.45) is 17.8 Å². The quantitative estimate of drug-likeness (QED) is 0.509. The summed E-state index contributed by atoms with van der Waals surface area (Å²) in [5.74, 6) is 1.44. The second-order valence-electron chi connectivity index (χ2n) is 10.8. The number of anilines is 2. The standard InChI is InChI=1S/C29H38N4O3/c34-27(10-9-25-8-7-21-5-3-13-30-29(21)32-25)33-14-11-20(12-15-33)16-23(18-28(35)36)24-17-22-4-1-2-6-26(22)31-19-24/h1-2,4,6-8,20,23-24,31H,3,5,9-19H2,(H,30,32)(H,35,36). The molecule has 7 heteroatoms. The molecule has 3 aliphatic rings. The molecule has 0 spiro atoms. The highest BCUT2D eigenvalue weighted by Gasteiger charge is 2.32. The number of hydrogen-bond acceptors (Lipinski definition) is 5. The predicted molar refractivity (Wildman–Crippen MR) is 141 cm³/mol. The Balaban J connectivity index is 1.11. The first-order chi connectivity index (χ1) is 17.5. The van der Waals surface area contributed by atoms with Gasteiger partial charge in [0.1, 0.15) is 5.82 Å². The molecule has 5 rings (SSSR count). The molecular weight excluding hydrogens is 452 g/mol. The van der Waals surface area contributed by atoms with Gasteiger partial charge in [0.05, 0.1) is 0 Å². The molecule has 1 amide bonds. The Morgan fingerprint density at radius 3 is 2.75 bits per heavy atom. The smallest absolute Gasteiger partial charge is 0.303 e. The Morgan fingerprint density at radius 2 is 1.92 bits per heavy atom. The number of pyridine rings is 1. The number of carbonyl (C=O) groups is 2. The Hall–Kier alpha value is -3.09. The molecule has 2 aromatic rings. The molecule has 192 valence electrons. The Kier molecular flexibility index (Phi) is 7.73. The molecule has 4 heterocycles. The molecule has 2 unspecified atom stereocenters. The number of amides is 1. The molecule has 1 fully saturated rings. The normalized spacial score (nSPS) is 20.4. The summed E-state index contributed by atoms with van der Waals surface area (Å²) in [5, 5.41) is 16.5. The van der Waals surface area contributed by atoms with E-state index in [0.717, 1.165) is 76.2 Å². The molecule has 0 bridgehead atoms. The van der Waals surface area contributed by atoms with Crippen molar-refractivity contribution in [3.05, 3.63) is 53.2 Å². The summed E-state index contributed by atoms with van der Waals surface area (Å²) in [6.45, 7) is 3.34. The average Bonchev–Trinajstić information content (AvgIpc) is 2.91. The van der Waals surface area contributed by atoms with Crippen LogP contribution in [0.3, 0.4) is 0 Å². The van der Waals surface area contributed by atoms with Crippen LogP contribution in [-0.4, -0.2) is 53.0 Å². The number of nitrogens with zero attached hydrogens (tertiary/aromatic N) is 2. The van der Waals surface area contributed by atoms with Gasteiger partial charge in [0, 0.05) is 50.4 Å². The number of benzene rings is 1. The summed E-state index contributed by atoms with van der Waals surface area (Å²) in [7, 11) is 0. The van der Waals surface area contributed by atoms with Crippen LogP contribution >= 0.6 is 0 Å². The monoisotopic (exact) mass is 490 g/mol. The Bertz CT molecular complexity index is 1080. The maximum absolute atomic E-state index is 12.9. The van der Waals surface area contributed by atoms with Gasteiger partial charge in [-0.25, -0.2) is 4.98 Å². The van der Waals surface area contributed by atoms with E-state index in [2.05, 4.69) is 41.0 Å². The lowest BCUT2D eigenvalue weighted by Crippen LogP contribution is -2.40. The zero-order chi connectivity index (χ0) is 24.9. The molecule has 7 nitrogen and oxygen atoms in total. The SMILES string of the molecule is O=C(O)CC(CC1CCN(C(=O)CCc2ccc3c(n2)NCCC3)CC1)C1CNc2ccccc2C1. The van der Waals surface area contributed by atoms with Crippen molar-refractivity contribution in [3.8, 4) is 0 Å². The van der Waals surface area contributed by atoms with Crippen molar-refractivity contribution >= 4 is 23.4 Å². The molecule has 0 saturated carbocycles. The first-order valence-corrected chi connectivity index (χ1v) is 13.6. The van der Waals surface area contributed by atoms with Gasteiger partial charge < -0.3 is 20.6 Å². The van der Waals surface area contributed by atoms with Crippen molar-refractivity contribution in [2.75, 3.05) is 36.8 Å². The molecule has 1 aromatic heterocycles. The zero-order valence-electron chi connectivity index (χ0n) is 21.0. The molecule has 3 N–H and O–H groups in total. The van der Waals surface area contributed by atoms with Gasteiger partial charge in [0.2, 0.25) is 5.91 Å². The first kappa shape index (κ1) is 24.6. The van der Waals surface area contributed by atoms with E-state index in [-0.39, 0.29) is 18.2 Å². The van der Waals surface area contributed by atoms with Crippen molar-refractivity contribution in [1.29, 1.82) is 0 Å². The highest BCUT2D eigenvalue weighted by Crippen LogP contribution is 2.35. The number of likely N-dealkylation sites (tertiary alicyclic amines) is 1. The van der Waals surface area contributed by atoms with Crippen LogP contribution in [0.1, 0.15) is 55.3 Å². The maximum atomic E-state index is 12.9. The molecule has 3 aliphatic heterocycles. The zero-order valence-corrected chi connectivity index (χ0v) is 21.0. The fourth-order valence-corrected chi connectivity index (χ4v) is 6.21. The summed E-state index contributed by atoms with van der Waals surface area (Å²) in [6, 6.07) is 12.5. The summed E-state index contributed by atoms with van der Waals surface area (Å²) in [6.07, 6.45) is 7.37. The van der Waals surface area contributed by atoms with Gasteiger partial charge in [0.25, 0.3) is 0 Å². The van der Waals surface area contributed by atoms with Crippen molar-refractivity contribution in [2.45, 2.75) is 57.8 Å². The van der Waals surface area contributed by atoms with Crippen LogP contribution in [-0.2, 0) is 28.9 Å². The number of para-hydroxylation sites is 1. The van der Waals surface area contributed by atoms with Crippen molar-refractivity contribution in [1.82, 2.24) is 9.88 Å². The summed E-state index contributed by atoms with van der Waals surface area (Å²) in [5.41, 5.74) is 4.71. The minimum absolute atomic E-state index is 0.152. The molecule has 1 aromatic carbocycles. The largest absolute Gasteiger partial charge is 0.481 e. The molecule has 2 atom stereocenters. The van der Waals surface area contributed by atoms with Gasteiger partial charge in [-0.2, -0.15) is 0 Å². The third-order valence-corrected chi connectivity index (χ3v) is 8.31. The highest BCUT2D eigenvalue weighted by molar-refractivity contribution is 5.76. The molecule has 1 saturated heterocycles. The van der Waals surface area contributed by atoms with Gasteiger partial charge in [-0.1, -0.05) is 24.3 Å². The van der Waals surface area contributed by atoms with Crippen LogP contribution in [0.15, 0.2) is 36.4 Å². The highest BCUT2D eigenvalue weighted by atomic mass is 16.4. The number of rotatable bonds is 8. The molecule has 0 aliphatic carbocycles. The third-order valence-electron chi connectivity index (χ3n) is 8.31. The number of carboxylic acids is 1. The van der Waals surface area contributed by atoms with E-state index in [1.54, 1.807) is 0 Å². The second-order valence-corrected chi connectivity index (χ2v) is 10.8. The summed E-state index contributed by atoms with van der Waals surface area (Å²) >= 11 is 0. The van der Waals surface area contributed by atoms with Crippen molar-refractivity contribution in [3.63, 3.8) is 0 Å². The first-order valence-electron chi connectivity index (χ1n) is 13.6. The predicted octanol–water partition coefficient (Wildman–Crippen LogP) is 4.38. The third kappa shape index (κ3) is 6.00. The fourth-order valence-electron chi connectivity index (χ4n) is 6.21. The minimum atomic E-state index is -0.711. The van der Waals surface area contributed by atoms with E-state index in [1.165, 1.54) is 16.8 Å². The number of aliphatic carboxylic acids is 1. The van der Waals surface area contributed by atoms with E-state index in [9.17, 15) is 14.7 Å². The van der Waals surface area contributed by atoms with E-state index in [4.69, 9.17) is 4.98 Å². The minimum Gasteiger partial charge on any atom is -0.481 e. The van der Waals surface area contributed by atoms with Crippen LogP contribution in [0.5, 0.6) is 0 Å². The lowest BCUT2D eigenvalue weighted by atomic mass is 9.75. The van der Waals surface area contributed by atoms with Crippen LogP contribution in [0.25, 0.3) is 0 Å². The van der Waals surface area contributed by atoms with Crippen LogP contribution in [0, 0.1) is 17.8 Å². The number of hydrogen-bond donors (Lipinski definition) is 3. The number of aryl methyl sites for hydroxylation is 2. The number of carbonyl (C=O) groups excluding carboxylic acids is 1. The van der Waals surface area contributed by atoms with Gasteiger partial charge in [-0.3, -0.25) is 9.59 Å². The van der Waals surface area contributed by atoms with E-state index >= 15 is 0 Å².